The normalized spacial score (nSPS) is 23.8. The van der Waals surface area contributed by atoms with Crippen LogP contribution in [0.1, 0.15) is 44.9 Å². The zero-order chi connectivity index (χ0) is 15.1. The van der Waals surface area contributed by atoms with Gasteiger partial charge in [-0.25, -0.2) is 4.79 Å². The molecule has 0 aromatic rings. The first-order valence-corrected chi connectivity index (χ1v) is 8.04. The lowest BCUT2D eigenvalue weighted by Crippen LogP contribution is -2.40. The number of carboxylic acid groups (broad SMARTS) is 1. The molecule has 1 atom stereocenters. The second-order valence-corrected chi connectivity index (χ2v) is 5.99. The average molecular weight is 298 g/mol. The molecule has 1 saturated heterocycles. The van der Waals surface area contributed by atoms with Crippen molar-refractivity contribution in [1.29, 1.82) is 0 Å². The van der Waals surface area contributed by atoms with E-state index in [2.05, 4.69) is 5.32 Å². The van der Waals surface area contributed by atoms with Gasteiger partial charge < -0.3 is 20.1 Å². The lowest BCUT2D eigenvalue weighted by Gasteiger charge is -2.18. The fraction of sp³-hybridized carbons (Fsp3) is 0.867. The molecule has 6 heteroatoms. The van der Waals surface area contributed by atoms with Crippen LogP contribution in [-0.2, 0) is 9.53 Å². The van der Waals surface area contributed by atoms with E-state index in [1.54, 1.807) is 4.90 Å². The number of hydrogen-bond donors (Lipinski definition) is 2. The predicted molar refractivity (Wildman–Crippen MR) is 78.2 cm³/mol. The Hall–Kier alpha value is -1.30. The van der Waals surface area contributed by atoms with E-state index in [-0.39, 0.29) is 6.03 Å². The molecule has 2 rings (SSSR count). The molecule has 6 nitrogen and oxygen atoms in total. The minimum absolute atomic E-state index is 0.178. The van der Waals surface area contributed by atoms with Crippen molar-refractivity contribution in [3.63, 3.8) is 0 Å². The standard InChI is InChI=1S/C15H26N2O4/c18-14(19)12-7-9-17(11-12)15(20)16-8-10-21-13-5-3-1-2-4-6-13/h12-13H,1-11H2,(H,16,20)(H,18,19). The summed E-state index contributed by atoms with van der Waals surface area (Å²) in [6.45, 7) is 1.85. The van der Waals surface area contributed by atoms with Gasteiger partial charge in [0.25, 0.3) is 0 Å². The topological polar surface area (TPSA) is 78.9 Å². The molecule has 1 heterocycles. The maximum absolute atomic E-state index is 11.9. The summed E-state index contributed by atoms with van der Waals surface area (Å²) in [6, 6.07) is -0.178. The van der Waals surface area contributed by atoms with Crippen LogP contribution >= 0.6 is 0 Å². The highest BCUT2D eigenvalue weighted by Crippen LogP contribution is 2.19. The van der Waals surface area contributed by atoms with Crippen LogP contribution in [0, 0.1) is 5.92 Å². The number of nitrogens with zero attached hydrogens (tertiary/aromatic N) is 1. The van der Waals surface area contributed by atoms with Gasteiger partial charge >= 0.3 is 12.0 Å². The van der Waals surface area contributed by atoms with E-state index in [1.165, 1.54) is 25.7 Å². The smallest absolute Gasteiger partial charge is 0.317 e. The Morgan fingerprint density at radius 2 is 1.86 bits per heavy atom. The molecule has 0 spiro atoms. The second kappa shape index (κ2) is 8.22. The van der Waals surface area contributed by atoms with Gasteiger partial charge in [-0.3, -0.25) is 4.79 Å². The Kier molecular flexibility index (Phi) is 6.29. The van der Waals surface area contributed by atoms with Gasteiger partial charge in [0.15, 0.2) is 0 Å². The highest BCUT2D eigenvalue weighted by atomic mass is 16.5. The number of hydrogen-bond acceptors (Lipinski definition) is 3. The number of ether oxygens (including phenoxy) is 1. The first-order valence-electron chi connectivity index (χ1n) is 8.04. The van der Waals surface area contributed by atoms with Gasteiger partial charge in [0.2, 0.25) is 0 Å². The maximum atomic E-state index is 11.9. The van der Waals surface area contributed by atoms with Crippen LogP contribution in [0.25, 0.3) is 0 Å². The first-order chi connectivity index (χ1) is 10.2. The SMILES string of the molecule is O=C(O)C1CCN(C(=O)NCCOC2CCCCCC2)C1. The molecule has 120 valence electrons. The Labute approximate surface area is 125 Å². The summed E-state index contributed by atoms with van der Waals surface area (Å²) in [4.78, 5) is 24.3. The summed E-state index contributed by atoms with van der Waals surface area (Å²) in [7, 11) is 0. The van der Waals surface area contributed by atoms with E-state index in [0.29, 0.717) is 38.8 Å². The minimum Gasteiger partial charge on any atom is -0.481 e. The van der Waals surface area contributed by atoms with Gasteiger partial charge in [-0.05, 0) is 19.3 Å². The molecule has 0 aromatic heterocycles. The van der Waals surface area contributed by atoms with Crippen molar-refractivity contribution >= 4 is 12.0 Å². The Bertz CT molecular complexity index is 354. The molecular weight excluding hydrogens is 272 g/mol. The average Bonchev–Trinajstić information content (AvgIpc) is 2.82. The van der Waals surface area contributed by atoms with Crippen molar-refractivity contribution in [3.05, 3.63) is 0 Å². The Morgan fingerprint density at radius 1 is 1.14 bits per heavy atom. The summed E-state index contributed by atoms with van der Waals surface area (Å²) in [6.07, 6.45) is 8.21. The zero-order valence-corrected chi connectivity index (χ0v) is 12.6. The van der Waals surface area contributed by atoms with E-state index in [4.69, 9.17) is 9.84 Å². The van der Waals surface area contributed by atoms with Gasteiger partial charge in [-0.1, -0.05) is 25.7 Å². The van der Waals surface area contributed by atoms with Gasteiger partial charge in [0, 0.05) is 19.6 Å². The number of rotatable bonds is 5. The van der Waals surface area contributed by atoms with Crippen LogP contribution in [-0.4, -0.2) is 54.4 Å². The number of likely N-dealkylation sites (tertiary alicyclic amines) is 1. The second-order valence-electron chi connectivity index (χ2n) is 5.99. The van der Waals surface area contributed by atoms with Crippen LogP contribution in [0.3, 0.4) is 0 Å². The third-order valence-corrected chi connectivity index (χ3v) is 4.36. The largest absolute Gasteiger partial charge is 0.481 e. The molecule has 1 aliphatic heterocycles. The lowest BCUT2D eigenvalue weighted by atomic mass is 10.1. The third-order valence-electron chi connectivity index (χ3n) is 4.36. The Balaban J connectivity index is 1.58. The molecule has 2 amide bonds. The summed E-state index contributed by atoms with van der Waals surface area (Å²) in [5.41, 5.74) is 0. The maximum Gasteiger partial charge on any atom is 0.317 e. The third kappa shape index (κ3) is 5.19. The molecule has 0 bridgehead atoms. The van der Waals surface area contributed by atoms with Crippen LogP contribution in [0.2, 0.25) is 0 Å². The lowest BCUT2D eigenvalue weighted by molar-refractivity contribution is -0.141. The summed E-state index contributed by atoms with van der Waals surface area (Å²) in [5, 5.41) is 11.7. The fourth-order valence-corrected chi connectivity index (χ4v) is 3.05. The van der Waals surface area contributed by atoms with Gasteiger partial charge in [-0.2, -0.15) is 0 Å². The van der Waals surface area contributed by atoms with Crippen molar-refractivity contribution in [2.45, 2.75) is 51.0 Å². The zero-order valence-electron chi connectivity index (χ0n) is 12.6. The van der Waals surface area contributed by atoms with Crippen LogP contribution in [0.4, 0.5) is 4.79 Å². The van der Waals surface area contributed by atoms with E-state index in [9.17, 15) is 9.59 Å². The van der Waals surface area contributed by atoms with Crippen LogP contribution in [0.5, 0.6) is 0 Å². The van der Waals surface area contributed by atoms with E-state index >= 15 is 0 Å². The quantitative estimate of drug-likeness (QED) is 0.599. The molecule has 0 aromatic carbocycles. The highest BCUT2D eigenvalue weighted by Gasteiger charge is 2.30. The summed E-state index contributed by atoms with van der Waals surface area (Å²) >= 11 is 0. The fourth-order valence-electron chi connectivity index (χ4n) is 3.05. The van der Waals surface area contributed by atoms with Crippen LogP contribution < -0.4 is 5.32 Å². The van der Waals surface area contributed by atoms with Gasteiger partial charge in [-0.15, -0.1) is 0 Å². The molecule has 1 saturated carbocycles. The van der Waals surface area contributed by atoms with Crippen molar-refractivity contribution < 1.29 is 19.4 Å². The number of aliphatic carboxylic acids is 1. The van der Waals surface area contributed by atoms with Crippen molar-refractivity contribution in [2.75, 3.05) is 26.2 Å². The molecule has 1 unspecified atom stereocenters. The number of amides is 2. The molecule has 2 aliphatic rings. The first kappa shape index (κ1) is 16.1. The molecule has 2 N–H and O–H groups in total. The molecular formula is C15H26N2O4. The molecule has 21 heavy (non-hydrogen) atoms. The number of carbonyl (C=O) groups excluding carboxylic acids is 1. The summed E-state index contributed by atoms with van der Waals surface area (Å²) < 4.78 is 5.81. The highest BCUT2D eigenvalue weighted by molar-refractivity contribution is 5.77. The number of nitrogens with one attached hydrogen (secondary N) is 1. The van der Waals surface area contributed by atoms with Crippen molar-refractivity contribution in [2.24, 2.45) is 5.92 Å². The molecule has 2 fully saturated rings. The molecule has 0 radical (unpaired) electrons. The monoisotopic (exact) mass is 298 g/mol. The van der Waals surface area contributed by atoms with Crippen LogP contribution in [0.15, 0.2) is 0 Å². The Morgan fingerprint density at radius 3 is 2.48 bits per heavy atom. The number of urea groups is 1. The van der Waals surface area contributed by atoms with E-state index < -0.39 is 11.9 Å². The minimum atomic E-state index is -0.818. The number of carboxylic acids is 1. The van der Waals surface area contributed by atoms with Crippen molar-refractivity contribution in [3.8, 4) is 0 Å². The predicted octanol–water partition coefficient (Wildman–Crippen LogP) is 1.84. The number of carbonyl (C=O) groups is 2. The van der Waals surface area contributed by atoms with E-state index in [1.807, 2.05) is 0 Å². The van der Waals surface area contributed by atoms with Gasteiger partial charge in [0.05, 0.1) is 18.6 Å². The summed E-state index contributed by atoms with van der Waals surface area (Å²) in [5.74, 6) is -1.24. The van der Waals surface area contributed by atoms with Gasteiger partial charge in [0.1, 0.15) is 0 Å². The molecule has 1 aliphatic carbocycles. The van der Waals surface area contributed by atoms with E-state index in [0.717, 1.165) is 12.8 Å². The van der Waals surface area contributed by atoms with Crippen molar-refractivity contribution in [1.82, 2.24) is 10.2 Å².